The van der Waals surface area contributed by atoms with Crippen molar-refractivity contribution in [2.24, 2.45) is 0 Å². The summed E-state index contributed by atoms with van der Waals surface area (Å²) in [6.07, 6.45) is 3.15. The quantitative estimate of drug-likeness (QED) is 0.785. The maximum Gasteiger partial charge on any atom is 0.313 e. The van der Waals surface area contributed by atoms with Gasteiger partial charge in [-0.1, -0.05) is 11.8 Å². The van der Waals surface area contributed by atoms with Crippen LogP contribution in [0.1, 0.15) is 0 Å². The summed E-state index contributed by atoms with van der Waals surface area (Å²) in [6, 6.07) is 3.52. The predicted molar refractivity (Wildman–Crippen MR) is 55.7 cm³/mol. The zero-order valence-electron chi connectivity index (χ0n) is 7.62. The summed E-state index contributed by atoms with van der Waals surface area (Å²) in [4.78, 5) is 22.6. The molecule has 6 heteroatoms. The number of carbonyl (C=O) groups is 1. The van der Waals surface area contributed by atoms with Crippen LogP contribution in [0.15, 0.2) is 29.6 Å². The van der Waals surface area contributed by atoms with Crippen molar-refractivity contribution in [3.8, 4) is 0 Å². The van der Waals surface area contributed by atoms with Crippen LogP contribution in [0.5, 0.6) is 0 Å². The number of nitrogens with zero attached hydrogens (tertiary/aromatic N) is 3. The number of hydrogen-bond donors (Lipinski definition) is 1. The second kappa shape index (κ2) is 4.22. The number of carboxylic acids is 1. The van der Waals surface area contributed by atoms with E-state index in [1.165, 1.54) is 0 Å². The number of hydrogen-bond acceptors (Lipinski definition) is 5. The number of aliphatic carboxylic acids is 1. The molecule has 2 aromatic heterocycles. The SMILES string of the molecule is O=C(O)CSc1ccc2nccnc2n1. The molecule has 0 aliphatic carbocycles. The highest BCUT2D eigenvalue weighted by Gasteiger charge is 2.03. The van der Waals surface area contributed by atoms with Gasteiger partial charge in [0.05, 0.1) is 10.8 Å². The van der Waals surface area contributed by atoms with E-state index in [0.29, 0.717) is 16.2 Å². The van der Waals surface area contributed by atoms with Gasteiger partial charge in [0.15, 0.2) is 5.65 Å². The highest BCUT2D eigenvalue weighted by Crippen LogP contribution is 2.17. The van der Waals surface area contributed by atoms with Gasteiger partial charge in [-0.15, -0.1) is 0 Å². The third-order valence-electron chi connectivity index (χ3n) is 1.65. The summed E-state index contributed by atoms with van der Waals surface area (Å²) < 4.78 is 0. The molecule has 2 rings (SSSR count). The van der Waals surface area contributed by atoms with E-state index in [4.69, 9.17) is 5.11 Å². The number of rotatable bonds is 3. The Morgan fingerprint density at radius 1 is 1.33 bits per heavy atom. The van der Waals surface area contributed by atoms with Gasteiger partial charge in [-0.3, -0.25) is 9.78 Å². The van der Waals surface area contributed by atoms with Gasteiger partial charge in [0.25, 0.3) is 0 Å². The minimum Gasteiger partial charge on any atom is -0.481 e. The van der Waals surface area contributed by atoms with Crippen LogP contribution in [0.2, 0.25) is 0 Å². The molecule has 0 fully saturated rings. The van der Waals surface area contributed by atoms with Crippen molar-refractivity contribution in [1.29, 1.82) is 0 Å². The molecule has 0 unspecified atom stereocenters. The fraction of sp³-hybridized carbons (Fsp3) is 0.111. The first-order chi connectivity index (χ1) is 7.25. The molecule has 0 bridgehead atoms. The molecule has 0 amide bonds. The van der Waals surface area contributed by atoms with Crippen molar-refractivity contribution in [3.63, 3.8) is 0 Å². The molecule has 5 nitrogen and oxygen atoms in total. The van der Waals surface area contributed by atoms with Crippen LogP contribution in [-0.2, 0) is 4.79 Å². The average Bonchev–Trinajstić information content (AvgIpc) is 2.26. The van der Waals surface area contributed by atoms with Gasteiger partial charge in [0.1, 0.15) is 5.52 Å². The molecule has 0 saturated heterocycles. The van der Waals surface area contributed by atoms with E-state index in [1.54, 1.807) is 24.5 Å². The summed E-state index contributed by atoms with van der Waals surface area (Å²) in [5.74, 6) is -0.861. The van der Waals surface area contributed by atoms with Gasteiger partial charge < -0.3 is 5.11 Å². The molecule has 2 aromatic rings. The zero-order chi connectivity index (χ0) is 10.7. The largest absolute Gasteiger partial charge is 0.481 e. The van der Waals surface area contributed by atoms with Gasteiger partial charge >= 0.3 is 5.97 Å². The highest BCUT2D eigenvalue weighted by atomic mass is 32.2. The summed E-state index contributed by atoms with van der Waals surface area (Å²) in [5, 5.41) is 9.16. The maximum atomic E-state index is 10.4. The Morgan fingerprint density at radius 3 is 2.93 bits per heavy atom. The second-order valence-corrected chi connectivity index (χ2v) is 3.73. The Labute approximate surface area is 89.6 Å². The lowest BCUT2D eigenvalue weighted by Gasteiger charge is -1.98. The molecule has 1 N–H and O–H groups in total. The molecule has 76 valence electrons. The minimum atomic E-state index is -0.860. The molecule has 2 heterocycles. The molecular weight excluding hydrogens is 214 g/mol. The second-order valence-electron chi connectivity index (χ2n) is 2.73. The molecule has 0 aromatic carbocycles. The van der Waals surface area contributed by atoms with Crippen LogP contribution in [0.4, 0.5) is 0 Å². The topological polar surface area (TPSA) is 76.0 Å². The van der Waals surface area contributed by atoms with Crippen molar-refractivity contribution in [3.05, 3.63) is 24.5 Å². The van der Waals surface area contributed by atoms with E-state index < -0.39 is 5.97 Å². The smallest absolute Gasteiger partial charge is 0.313 e. The van der Waals surface area contributed by atoms with Crippen LogP contribution in [0, 0.1) is 0 Å². The number of carboxylic acid groups (broad SMARTS) is 1. The Hall–Kier alpha value is -1.69. The molecule has 0 radical (unpaired) electrons. The van der Waals surface area contributed by atoms with Crippen molar-refractivity contribution in [2.75, 3.05) is 5.75 Å². The molecule has 0 aliphatic heterocycles. The minimum absolute atomic E-state index is 0.00122. The molecule has 0 saturated carbocycles. The van der Waals surface area contributed by atoms with Gasteiger partial charge in [-0.2, -0.15) is 0 Å². The highest BCUT2D eigenvalue weighted by molar-refractivity contribution is 7.99. The molecule has 0 spiro atoms. The average molecular weight is 221 g/mol. The monoisotopic (exact) mass is 221 g/mol. The third-order valence-corrected chi connectivity index (χ3v) is 2.56. The van der Waals surface area contributed by atoms with Crippen LogP contribution < -0.4 is 0 Å². The summed E-state index contributed by atoms with van der Waals surface area (Å²) >= 11 is 1.16. The lowest BCUT2D eigenvalue weighted by Crippen LogP contribution is -1.98. The van der Waals surface area contributed by atoms with Crippen LogP contribution in [-0.4, -0.2) is 31.8 Å². The first-order valence-corrected chi connectivity index (χ1v) is 5.16. The molecule has 0 atom stereocenters. The van der Waals surface area contributed by atoms with Crippen molar-refractivity contribution in [2.45, 2.75) is 5.03 Å². The standard InChI is InChI=1S/C9H7N3O2S/c13-8(14)5-15-7-2-1-6-9(12-7)11-4-3-10-6/h1-4H,5H2,(H,13,14). The molecular formula is C9H7N3O2S. The van der Waals surface area contributed by atoms with Gasteiger partial charge in [0.2, 0.25) is 0 Å². The van der Waals surface area contributed by atoms with E-state index in [2.05, 4.69) is 15.0 Å². The maximum absolute atomic E-state index is 10.4. The molecule has 15 heavy (non-hydrogen) atoms. The van der Waals surface area contributed by atoms with Crippen LogP contribution in [0.3, 0.4) is 0 Å². The fourth-order valence-corrected chi connectivity index (χ4v) is 1.64. The zero-order valence-corrected chi connectivity index (χ0v) is 8.44. The van der Waals surface area contributed by atoms with Crippen molar-refractivity contribution >= 4 is 28.9 Å². The number of thioether (sulfide) groups is 1. The Bertz CT molecular complexity index is 503. The Morgan fingerprint density at radius 2 is 2.13 bits per heavy atom. The Balaban J connectivity index is 2.26. The predicted octanol–water partition coefficient (Wildman–Crippen LogP) is 1.20. The Kier molecular flexibility index (Phi) is 2.77. The first kappa shape index (κ1) is 9.85. The van der Waals surface area contributed by atoms with Gasteiger partial charge in [0, 0.05) is 12.4 Å². The van der Waals surface area contributed by atoms with E-state index in [9.17, 15) is 4.79 Å². The number of pyridine rings is 1. The van der Waals surface area contributed by atoms with E-state index in [1.807, 2.05) is 0 Å². The number of aromatic nitrogens is 3. The lowest BCUT2D eigenvalue weighted by molar-refractivity contribution is -0.133. The summed E-state index contributed by atoms with van der Waals surface area (Å²) in [5.41, 5.74) is 1.24. The van der Waals surface area contributed by atoms with Gasteiger partial charge in [-0.05, 0) is 12.1 Å². The first-order valence-electron chi connectivity index (χ1n) is 4.18. The van der Waals surface area contributed by atoms with E-state index >= 15 is 0 Å². The van der Waals surface area contributed by atoms with E-state index in [-0.39, 0.29) is 5.75 Å². The van der Waals surface area contributed by atoms with E-state index in [0.717, 1.165) is 11.8 Å². The fourth-order valence-electron chi connectivity index (χ4n) is 1.05. The summed E-state index contributed by atoms with van der Waals surface area (Å²) in [7, 11) is 0. The summed E-state index contributed by atoms with van der Waals surface area (Å²) in [6.45, 7) is 0. The normalized spacial score (nSPS) is 10.4. The molecule has 0 aliphatic rings. The van der Waals surface area contributed by atoms with Crippen molar-refractivity contribution in [1.82, 2.24) is 15.0 Å². The van der Waals surface area contributed by atoms with Crippen LogP contribution in [0.25, 0.3) is 11.2 Å². The lowest BCUT2D eigenvalue weighted by atomic mass is 10.4. The van der Waals surface area contributed by atoms with Gasteiger partial charge in [-0.25, -0.2) is 9.97 Å². The van der Waals surface area contributed by atoms with Crippen LogP contribution >= 0.6 is 11.8 Å². The van der Waals surface area contributed by atoms with Crippen molar-refractivity contribution < 1.29 is 9.90 Å². The third kappa shape index (κ3) is 2.41. The number of fused-ring (bicyclic) bond motifs is 1.